The fraction of sp³-hybridized carbons (Fsp3) is 0.850. The molecule has 1 N–H and O–H groups in total. The molecule has 6 atom stereocenters. The molecule has 0 saturated heterocycles. The Morgan fingerprint density at radius 3 is 2.64 bits per heavy atom. The number of rotatable bonds is 0. The predicted octanol–water partition coefficient (Wildman–Crippen LogP) is 4.02. The number of carbonyl (C=O) groups excluding carboxylic acids is 1. The number of hydrogen-bond acceptors (Lipinski definition) is 2. The first-order valence-corrected chi connectivity index (χ1v) is 9.33. The lowest BCUT2D eigenvalue weighted by molar-refractivity contribution is -0.124. The maximum Gasteiger partial charge on any atom is 0.133 e. The van der Waals surface area contributed by atoms with Gasteiger partial charge in [-0.25, -0.2) is 0 Å². The summed E-state index contributed by atoms with van der Waals surface area (Å²) in [5.41, 5.74) is 4.50. The molecular formula is C20H28O2. The summed E-state index contributed by atoms with van der Waals surface area (Å²) in [4.78, 5) is 11.9. The average Bonchev–Trinajstić information content (AvgIpc) is 3.17. The molecule has 3 fully saturated rings. The van der Waals surface area contributed by atoms with Gasteiger partial charge in [-0.3, -0.25) is 4.79 Å². The molecule has 22 heavy (non-hydrogen) atoms. The third kappa shape index (κ3) is 1.36. The van der Waals surface area contributed by atoms with Gasteiger partial charge in [-0.15, -0.1) is 0 Å². The van der Waals surface area contributed by atoms with Crippen LogP contribution >= 0.6 is 0 Å². The van der Waals surface area contributed by atoms with E-state index in [9.17, 15) is 9.90 Å². The monoisotopic (exact) mass is 300 g/mol. The van der Waals surface area contributed by atoms with E-state index in [-0.39, 0.29) is 11.5 Å². The van der Waals surface area contributed by atoms with Crippen LogP contribution in [0.25, 0.3) is 0 Å². The molecule has 0 bridgehead atoms. The van der Waals surface area contributed by atoms with Gasteiger partial charge >= 0.3 is 0 Å². The minimum atomic E-state index is -0.0599. The first-order chi connectivity index (χ1) is 10.4. The number of aliphatic hydroxyl groups is 1. The fourth-order valence-electron chi connectivity index (χ4n) is 7.44. The van der Waals surface area contributed by atoms with Crippen molar-refractivity contribution in [1.82, 2.24) is 0 Å². The predicted molar refractivity (Wildman–Crippen MR) is 85.2 cm³/mol. The highest BCUT2D eigenvalue weighted by Gasteiger charge is 2.75. The second-order valence-corrected chi connectivity index (χ2v) is 9.47. The van der Waals surface area contributed by atoms with Crippen LogP contribution in [0.4, 0.5) is 0 Å². The molecule has 0 radical (unpaired) electrons. The molecule has 5 aliphatic carbocycles. The molecule has 0 aromatic heterocycles. The van der Waals surface area contributed by atoms with Gasteiger partial charge in [0.05, 0.1) is 6.10 Å². The zero-order valence-electron chi connectivity index (χ0n) is 14.0. The third-order valence-corrected chi connectivity index (χ3v) is 8.78. The van der Waals surface area contributed by atoms with Crippen LogP contribution in [0.1, 0.15) is 71.6 Å². The smallest absolute Gasteiger partial charge is 0.133 e. The van der Waals surface area contributed by atoms with Crippen molar-refractivity contribution in [2.75, 3.05) is 0 Å². The number of aliphatic hydroxyl groups excluding tert-OH is 1. The Balaban J connectivity index is 1.62. The van der Waals surface area contributed by atoms with Crippen molar-refractivity contribution in [3.8, 4) is 0 Å². The van der Waals surface area contributed by atoms with Crippen LogP contribution in [0.3, 0.4) is 0 Å². The van der Waals surface area contributed by atoms with Gasteiger partial charge < -0.3 is 5.11 Å². The summed E-state index contributed by atoms with van der Waals surface area (Å²) in [6.07, 6.45) is 9.80. The summed E-state index contributed by atoms with van der Waals surface area (Å²) in [5.74, 6) is 1.64. The minimum Gasteiger partial charge on any atom is -0.393 e. The molecular weight excluding hydrogens is 272 g/mol. The molecule has 0 amide bonds. The van der Waals surface area contributed by atoms with Crippen LogP contribution in [-0.2, 0) is 4.79 Å². The van der Waals surface area contributed by atoms with Gasteiger partial charge in [0, 0.05) is 18.3 Å². The van der Waals surface area contributed by atoms with Gasteiger partial charge in [0.25, 0.3) is 0 Å². The van der Waals surface area contributed by atoms with Gasteiger partial charge in [0.15, 0.2) is 0 Å². The van der Waals surface area contributed by atoms with Gasteiger partial charge in [-0.1, -0.05) is 25.0 Å². The highest BCUT2D eigenvalue weighted by molar-refractivity contribution is 5.80. The number of carbonyl (C=O) groups is 1. The Bertz CT molecular complexity index is 605. The second kappa shape index (κ2) is 3.88. The van der Waals surface area contributed by atoms with Crippen molar-refractivity contribution in [3.05, 3.63) is 11.1 Å². The molecule has 5 aliphatic rings. The molecule has 0 aromatic rings. The lowest BCUT2D eigenvalue weighted by Crippen LogP contribution is -2.44. The molecule has 0 unspecified atom stereocenters. The number of fused-ring (bicyclic) bond motifs is 2. The van der Waals surface area contributed by atoms with Crippen molar-refractivity contribution in [2.24, 2.45) is 28.1 Å². The Morgan fingerprint density at radius 2 is 1.86 bits per heavy atom. The van der Waals surface area contributed by atoms with E-state index < -0.39 is 0 Å². The van der Waals surface area contributed by atoms with Crippen LogP contribution in [-0.4, -0.2) is 17.0 Å². The summed E-state index contributed by atoms with van der Waals surface area (Å²) in [6, 6.07) is 0. The molecule has 2 heteroatoms. The average molecular weight is 300 g/mol. The minimum absolute atomic E-state index is 0.0599. The van der Waals surface area contributed by atoms with E-state index in [0.29, 0.717) is 28.4 Å². The standard InChI is InChI=1S/C20H28O2/c1-18-7-6-14-15(20(18)10-16(20)17(22)11-18)4-3-12-9-13(21)5-8-19(12,14)2/h12,16-17,22H,3-11H2,1-2H3/t12-,16-,17-,18+,19-,20+/m0/s1. The first kappa shape index (κ1) is 13.8. The van der Waals surface area contributed by atoms with E-state index in [1.807, 2.05) is 0 Å². The molecule has 0 aliphatic heterocycles. The van der Waals surface area contributed by atoms with Crippen molar-refractivity contribution in [1.29, 1.82) is 0 Å². The van der Waals surface area contributed by atoms with Crippen LogP contribution in [0.2, 0.25) is 0 Å². The number of Topliss-reactive ketones (excluding diaryl/α,β-unsaturated/α-hetero) is 1. The highest BCUT2D eigenvalue weighted by atomic mass is 16.3. The largest absolute Gasteiger partial charge is 0.393 e. The van der Waals surface area contributed by atoms with E-state index in [1.165, 1.54) is 32.1 Å². The Labute approximate surface area is 133 Å². The lowest BCUT2D eigenvalue weighted by atomic mass is 9.50. The Morgan fingerprint density at radius 1 is 1.05 bits per heavy atom. The second-order valence-electron chi connectivity index (χ2n) is 9.47. The summed E-state index contributed by atoms with van der Waals surface area (Å²) in [7, 11) is 0. The van der Waals surface area contributed by atoms with Crippen LogP contribution in [0.5, 0.6) is 0 Å². The topological polar surface area (TPSA) is 37.3 Å². The summed E-state index contributed by atoms with van der Waals surface area (Å²) >= 11 is 0. The maximum atomic E-state index is 11.9. The van der Waals surface area contributed by atoms with Gasteiger partial charge in [0.2, 0.25) is 0 Å². The summed E-state index contributed by atoms with van der Waals surface area (Å²) in [6.45, 7) is 4.91. The molecule has 0 heterocycles. The normalized spacial score (nSPS) is 56.1. The Kier molecular flexibility index (Phi) is 2.43. The van der Waals surface area contributed by atoms with Crippen LogP contribution in [0, 0.1) is 28.1 Å². The van der Waals surface area contributed by atoms with Crippen molar-refractivity contribution < 1.29 is 9.90 Å². The molecule has 0 aromatic carbocycles. The van der Waals surface area contributed by atoms with E-state index in [1.54, 1.807) is 11.1 Å². The van der Waals surface area contributed by atoms with Gasteiger partial charge in [0.1, 0.15) is 5.78 Å². The first-order valence-electron chi connectivity index (χ1n) is 9.33. The van der Waals surface area contributed by atoms with Crippen LogP contribution in [0.15, 0.2) is 11.1 Å². The number of hydrogen-bond donors (Lipinski definition) is 1. The maximum absolute atomic E-state index is 11.9. The molecule has 120 valence electrons. The summed E-state index contributed by atoms with van der Waals surface area (Å²) < 4.78 is 0. The molecule has 1 spiro atoms. The quantitative estimate of drug-likeness (QED) is 0.686. The van der Waals surface area contributed by atoms with Crippen molar-refractivity contribution in [2.45, 2.75) is 77.7 Å². The molecule has 3 saturated carbocycles. The molecule has 2 nitrogen and oxygen atoms in total. The summed E-state index contributed by atoms with van der Waals surface area (Å²) in [5, 5.41) is 10.5. The number of ketones is 1. The van der Waals surface area contributed by atoms with Crippen molar-refractivity contribution >= 4 is 5.78 Å². The lowest BCUT2D eigenvalue weighted by Gasteiger charge is -2.54. The van der Waals surface area contributed by atoms with Crippen LogP contribution < -0.4 is 0 Å². The zero-order chi connectivity index (χ0) is 15.3. The fourth-order valence-corrected chi connectivity index (χ4v) is 7.44. The number of allylic oxidation sites excluding steroid dienone is 2. The SMILES string of the molecule is C[C@]12CCC3=C(CC[C@H]4CC(=O)CC[C@]34C)[C@@]13C[C@H]3[C@@H](O)C2. The Hall–Kier alpha value is -0.630. The van der Waals surface area contributed by atoms with E-state index in [0.717, 1.165) is 25.7 Å². The van der Waals surface area contributed by atoms with Gasteiger partial charge in [-0.2, -0.15) is 0 Å². The highest BCUT2D eigenvalue weighted by Crippen LogP contribution is 2.81. The van der Waals surface area contributed by atoms with E-state index >= 15 is 0 Å². The van der Waals surface area contributed by atoms with E-state index in [2.05, 4.69) is 13.8 Å². The van der Waals surface area contributed by atoms with E-state index in [4.69, 9.17) is 0 Å². The zero-order valence-corrected chi connectivity index (χ0v) is 14.0. The third-order valence-electron chi connectivity index (χ3n) is 8.78. The molecule has 5 rings (SSSR count). The van der Waals surface area contributed by atoms with Crippen molar-refractivity contribution in [3.63, 3.8) is 0 Å². The van der Waals surface area contributed by atoms with Gasteiger partial charge in [-0.05, 0) is 67.6 Å².